The van der Waals surface area contributed by atoms with Crippen LogP contribution in [0.3, 0.4) is 0 Å². The molecule has 0 saturated heterocycles. The molecule has 20 heavy (non-hydrogen) atoms. The molecular weight excluding hydrogens is 367 g/mol. The van der Waals surface area contributed by atoms with Crippen LogP contribution in [0.2, 0.25) is 0 Å². The maximum atomic E-state index is 12.0. The van der Waals surface area contributed by atoms with Crippen LogP contribution >= 0.6 is 22.6 Å². The Bertz CT molecular complexity index is 620. The molecule has 1 heterocycles. The van der Waals surface area contributed by atoms with Crippen LogP contribution in [0.1, 0.15) is 29.0 Å². The number of hydrogen-bond donors (Lipinski definition) is 2. The smallest absolute Gasteiger partial charge is 0.251 e. The quantitative estimate of drug-likeness (QED) is 0.780. The van der Waals surface area contributed by atoms with Gasteiger partial charge >= 0.3 is 0 Å². The van der Waals surface area contributed by atoms with E-state index in [0.29, 0.717) is 18.2 Å². The fourth-order valence-corrected chi connectivity index (χ4v) is 2.37. The highest BCUT2D eigenvalue weighted by Gasteiger charge is 2.23. The van der Waals surface area contributed by atoms with Gasteiger partial charge in [-0.2, -0.15) is 0 Å². The normalized spacial score (nSPS) is 14.1. The first-order chi connectivity index (χ1) is 9.70. The minimum Gasteiger partial charge on any atom is -0.454 e. The molecule has 3 rings (SSSR count). The number of anilines is 1. The van der Waals surface area contributed by atoms with Crippen LogP contribution in [0, 0.1) is 3.77 Å². The van der Waals surface area contributed by atoms with Gasteiger partial charge in [0.15, 0.2) is 3.77 Å². The Labute approximate surface area is 131 Å². The zero-order chi connectivity index (χ0) is 13.9. The molecule has 2 aromatic rings. The number of nitrogens with one attached hydrogen (secondary N) is 2. The Hall–Kier alpha value is -1.50. The van der Waals surface area contributed by atoms with Crippen LogP contribution in [0.25, 0.3) is 0 Å². The zero-order valence-electron chi connectivity index (χ0n) is 10.9. The average Bonchev–Trinajstić information content (AvgIpc) is 3.17. The van der Waals surface area contributed by atoms with Gasteiger partial charge in [0.25, 0.3) is 5.91 Å². The van der Waals surface area contributed by atoms with Gasteiger partial charge in [0.1, 0.15) is 5.76 Å². The van der Waals surface area contributed by atoms with Crippen molar-refractivity contribution < 1.29 is 9.21 Å². The molecule has 0 unspecified atom stereocenters. The second-order valence-corrected chi connectivity index (χ2v) is 5.95. The van der Waals surface area contributed by atoms with Crippen molar-refractivity contribution in [2.24, 2.45) is 0 Å². The van der Waals surface area contributed by atoms with Crippen molar-refractivity contribution in [3.8, 4) is 0 Å². The zero-order valence-corrected chi connectivity index (χ0v) is 13.0. The fraction of sp³-hybridized carbons (Fsp3) is 0.267. The number of furan rings is 1. The Morgan fingerprint density at radius 1 is 1.30 bits per heavy atom. The third kappa shape index (κ3) is 3.53. The standard InChI is InChI=1S/C15H15IN2O2/c16-14-7-6-13(20-14)9-17-12-3-1-2-10(8-12)15(19)18-11-4-5-11/h1-3,6-8,11,17H,4-5,9H2,(H,18,19). The van der Waals surface area contributed by atoms with Gasteiger partial charge in [0, 0.05) is 17.3 Å². The number of rotatable bonds is 5. The number of halogens is 1. The summed E-state index contributed by atoms with van der Waals surface area (Å²) < 4.78 is 6.36. The molecule has 1 fully saturated rings. The van der Waals surface area contributed by atoms with E-state index in [0.717, 1.165) is 28.1 Å². The third-order valence-electron chi connectivity index (χ3n) is 3.13. The van der Waals surface area contributed by atoms with E-state index in [1.165, 1.54) is 0 Å². The molecule has 1 aliphatic carbocycles. The topological polar surface area (TPSA) is 54.3 Å². The van der Waals surface area contributed by atoms with Crippen LogP contribution in [0.5, 0.6) is 0 Å². The summed E-state index contributed by atoms with van der Waals surface area (Å²) in [6.07, 6.45) is 2.20. The summed E-state index contributed by atoms with van der Waals surface area (Å²) in [7, 11) is 0. The van der Waals surface area contributed by atoms with Crippen LogP contribution in [-0.4, -0.2) is 11.9 Å². The van der Waals surface area contributed by atoms with E-state index in [2.05, 4.69) is 33.2 Å². The molecular formula is C15H15IN2O2. The van der Waals surface area contributed by atoms with E-state index in [1.807, 2.05) is 36.4 Å². The molecule has 1 amide bonds. The molecule has 0 atom stereocenters. The van der Waals surface area contributed by atoms with E-state index in [4.69, 9.17) is 4.42 Å². The van der Waals surface area contributed by atoms with Crippen molar-refractivity contribution in [3.05, 3.63) is 51.5 Å². The van der Waals surface area contributed by atoms with Crippen LogP contribution < -0.4 is 10.6 Å². The maximum absolute atomic E-state index is 12.0. The fourth-order valence-electron chi connectivity index (χ4n) is 1.90. The number of benzene rings is 1. The first-order valence-electron chi connectivity index (χ1n) is 6.60. The molecule has 1 saturated carbocycles. The Morgan fingerprint density at radius 2 is 2.15 bits per heavy atom. The first kappa shape index (κ1) is 13.5. The lowest BCUT2D eigenvalue weighted by atomic mass is 10.2. The van der Waals surface area contributed by atoms with Crippen molar-refractivity contribution in [1.82, 2.24) is 5.32 Å². The number of amides is 1. The number of carbonyl (C=O) groups is 1. The Balaban J connectivity index is 1.62. The minimum absolute atomic E-state index is 0.00342. The molecule has 5 heteroatoms. The molecule has 2 N–H and O–H groups in total. The van der Waals surface area contributed by atoms with Gasteiger partial charge in [-0.1, -0.05) is 6.07 Å². The van der Waals surface area contributed by atoms with Crippen molar-refractivity contribution in [1.29, 1.82) is 0 Å². The molecule has 4 nitrogen and oxygen atoms in total. The Morgan fingerprint density at radius 3 is 2.85 bits per heavy atom. The van der Waals surface area contributed by atoms with Crippen molar-refractivity contribution in [2.75, 3.05) is 5.32 Å². The molecule has 1 aromatic carbocycles. The minimum atomic E-state index is 0.00342. The van der Waals surface area contributed by atoms with Gasteiger partial charge in [-0.05, 0) is 65.8 Å². The average molecular weight is 382 g/mol. The van der Waals surface area contributed by atoms with E-state index < -0.39 is 0 Å². The van der Waals surface area contributed by atoms with Gasteiger partial charge in [0.2, 0.25) is 0 Å². The highest BCUT2D eigenvalue weighted by molar-refractivity contribution is 14.1. The molecule has 0 bridgehead atoms. The monoisotopic (exact) mass is 382 g/mol. The van der Waals surface area contributed by atoms with Gasteiger partial charge in [-0.3, -0.25) is 4.79 Å². The lowest BCUT2D eigenvalue weighted by molar-refractivity contribution is 0.0951. The third-order valence-corrected chi connectivity index (χ3v) is 3.71. The summed E-state index contributed by atoms with van der Waals surface area (Å²) >= 11 is 2.14. The summed E-state index contributed by atoms with van der Waals surface area (Å²) in [5.74, 6) is 0.880. The summed E-state index contributed by atoms with van der Waals surface area (Å²) in [6, 6.07) is 11.8. The van der Waals surface area contributed by atoms with Gasteiger partial charge < -0.3 is 15.1 Å². The molecule has 0 spiro atoms. The summed E-state index contributed by atoms with van der Waals surface area (Å²) in [5, 5.41) is 6.25. The van der Waals surface area contributed by atoms with E-state index in [-0.39, 0.29) is 5.91 Å². The summed E-state index contributed by atoms with van der Waals surface area (Å²) in [5.41, 5.74) is 1.61. The van der Waals surface area contributed by atoms with Crippen LogP contribution in [0.15, 0.2) is 40.8 Å². The first-order valence-corrected chi connectivity index (χ1v) is 7.67. The lowest BCUT2D eigenvalue weighted by Gasteiger charge is -2.07. The highest BCUT2D eigenvalue weighted by Crippen LogP contribution is 2.20. The van der Waals surface area contributed by atoms with E-state index in [1.54, 1.807) is 0 Å². The summed E-state index contributed by atoms with van der Waals surface area (Å²) in [6.45, 7) is 0.608. The van der Waals surface area contributed by atoms with Gasteiger partial charge in [0.05, 0.1) is 6.54 Å². The SMILES string of the molecule is O=C(NC1CC1)c1cccc(NCc2ccc(I)o2)c1. The maximum Gasteiger partial charge on any atom is 0.251 e. The summed E-state index contributed by atoms with van der Waals surface area (Å²) in [4.78, 5) is 12.0. The highest BCUT2D eigenvalue weighted by atomic mass is 127. The number of hydrogen-bond acceptors (Lipinski definition) is 3. The second kappa shape index (κ2) is 5.87. The number of carbonyl (C=O) groups excluding carboxylic acids is 1. The Kier molecular flexibility index (Phi) is 3.95. The van der Waals surface area contributed by atoms with Gasteiger partial charge in [-0.25, -0.2) is 0 Å². The second-order valence-electron chi connectivity index (χ2n) is 4.89. The van der Waals surface area contributed by atoms with Crippen LogP contribution in [-0.2, 0) is 6.54 Å². The van der Waals surface area contributed by atoms with Crippen molar-refractivity contribution in [3.63, 3.8) is 0 Å². The predicted octanol–water partition coefficient (Wildman–Crippen LogP) is 3.39. The molecule has 1 aromatic heterocycles. The van der Waals surface area contributed by atoms with Crippen molar-refractivity contribution in [2.45, 2.75) is 25.4 Å². The van der Waals surface area contributed by atoms with Crippen LogP contribution in [0.4, 0.5) is 5.69 Å². The largest absolute Gasteiger partial charge is 0.454 e. The van der Waals surface area contributed by atoms with Crippen molar-refractivity contribution >= 4 is 34.2 Å². The molecule has 104 valence electrons. The predicted molar refractivity (Wildman–Crippen MR) is 85.7 cm³/mol. The van der Waals surface area contributed by atoms with E-state index in [9.17, 15) is 4.79 Å². The molecule has 0 radical (unpaired) electrons. The van der Waals surface area contributed by atoms with Gasteiger partial charge in [-0.15, -0.1) is 0 Å². The molecule has 0 aliphatic heterocycles. The van der Waals surface area contributed by atoms with E-state index >= 15 is 0 Å². The molecule has 1 aliphatic rings. The lowest BCUT2D eigenvalue weighted by Crippen LogP contribution is -2.25.